The number of rotatable bonds is 4. The Kier molecular flexibility index (Phi) is 5.61. The number of hydrogen-bond acceptors (Lipinski definition) is 5. The number of aliphatic imine (C=N–C) groups is 1. The van der Waals surface area contributed by atoms with Gasteiger partial charge in [-0.2, -0.15) is 5.10 Å². The van der Waals surface area contributed by atoms with Crippen molar-refractivity contribution in [3.63, 3.8) is 0 Å². The molecule has 2 aromatic heterocycles. The van der Waals surface area contributed by atoms with Crippen LogP contribution in [0.3, 0.4) is 0 Å². The maximum absolute atomic E-state index is 5.98. The summed E-state index contributed by atoms with van der Waals surface area (Å²) in [4.78, 5) is 7.29. The number of morpholine rings is 1. The summed E-state index contributed by atoms with van der Waals surface area (Å²) in [6, 6.07) is 0. The van der Waals surface area contributed by atoms with Crippen molar-refractivity contribution in [3.8, 4) is 0 Å². The molecule has 0 amide bonds. The Bertz CT molecular complexity index is 826. The first kappa shape index (κ1) is 18.9. The van der Waals surface area contributed by atoms with Crippen molar-refractivity contribution in [2.45, 2.75) is 39.3 Å². The fraction of sp³-hybridized carbons (Fsp3) is 0.684. The number of guanidine groups is 1. The minimum absolute atomic E-state index is 0.0308. The van der Waals surface area contributed by atoms with Crippen LogP contribution >= 0.6 is 0 Å². The van der Waals surface area contributed by atoms with Gasteiger partial charge >= 0.3 is 0 Å². The molecule has 9 nitrogen and oxygen atoms in total. The minimum Gasteiger partial charge on any atom is -0.370 e. The highest BCUT2D eigenvalue weighted by Crippen LogP contribution is 2.23. The molecule has 2 atom stereocenters. The summed E-state index contributed by atoms with van der Waals surface area (Å²) in [6.45, 7) is 9.09. The Labute approximate surface area is 165 Å². The van der Waals surface area contributed by atoms with Gasteiger partial charge in [-0.05, 0) is 26.2 Å². The molecule has 2 aliphatic rings. The maximum atomic E-state index is 5.98. The first-order valence-corrected chi connectivity index (χ1v) is 10.2. The van der Waals surface area contributed by atoms with Crippen LogP contribution in [-0.2, 0) is 24.8 Å². The summed E-state index contributed by atoms with van der Waals surface area (Å²) in [5.74, 6) is 3.61. The fourth-order valence-electron chi connectivity index (χ4n) is 3.97. The van der Waals surface area contributed by atoms with E-state index in [9.17, 15) is 0 Å². The second-order valence-electron chi connectivity index (χ2n) is 7.63. The Balaban J connectivity index is 1.42. The Morgan fingerprint density at radius 3 is 3.04 bits per heavy atom. The lowest BCUT2D eigenvalue weighted by Crippen LogP contribution is -2.48. The Morgan fingerprint density at radius 1 is 1.36 bits per heavy atom. The molecule has 1 saturated heterocycles. The molecule has 1 fully saturated rings. The van der Waals surface area contributed by atoms with E-state index in [0.29, 0.717) is 12.5 Å². The third kappa shape index (κ3) is 4.04. The van der Waals surface area contributed by atoms with Gasteiger partial charge in [0.1, 0.15) is 17.8 Å². The van der Waals surface area contributed by atoms with Crippen molar-refractivity contribution < 1.29 is 4.74 Å². The normalized spacial score (nSPS) is 23.0. The molecule has 4 heterocycles. The average molecular weight is 387 g/mol. The molecule has 0 spiro atoms. The lowest BCUT2D eigenvalue weighted by atomic mass is 9.99. The number of fused-ring (bicyclic) bond motifs is 1. The standard InChI is InChI=1S/C19H30N8O/c1-4-20-19(21-9-15-5-6-18-24-23-14(2)27(18)11-15)26-7-8-28-17(13-26)16-10-22-25(3)12-16/h10,12,15,17H,4-9,11,13H2,1-3H3,(H,20,21). The van der Waals surface area contributed by atoms with Crippen LogP contribution in [0.2, 0.25) is 0 Å². The van der Waals surface area contributed by atoms with Gasteiger partial charge in [0.05, 0.1) is 19.3 Å². The molecule has 0 aliphatic carbocycles. The van der Waals surface area contributed by atoms with Crippen molar-refractivity contribution in [2.24, 2.45) is 18.0 Å². The fourth-order valence-corrected chi connectivity index (χ4v) is 3.97. The van der Waals surface area contributed by atoms with Gasteiger partial charge in [-0.3, -0.25) is 9.67 Å². The van der Waals surface area contributed by atoms with E-state index < -0.39 is 0 Å². The van der Waals surface area contributed by atoms with Crippen LogP contribution in [0.4, 0.5) is 0 Å². The number of ether oxygens (including phenoxy) is 1. The SMILES string of the molecule is CCNC(=NCC1CCc2nnc(C)n2C1)N1CCOC(c2cnn(C)c2)C1. The van der Waals surface area contributed by atoms with Gasteiger partial charge in [-0.15, -0.1) is 10.2 Å². The third-order valence-corrected chi connectivity index (χ3v) is 5.53. The first-order valence-electron chi connectivity index (χ1n) is 10.2. The number of hydrogen-bond donors (Lipinski definition) is 1. The lowest BCUT2D eigenvalue weighted by molar-refractivity contribution is -0.00807. The molecule has 2 aliphatic heterocycles. The number of aryl methyl sites for hydroxylation is 3. The molecule has 152 valence electrons. The first-order chi connectivity index (χ1) is 13.6. The van der Waals surface area contributed by atoms with Gasteiger partial charge in [0.2, 0.25) is 0 Å². The van der Waals surface area contributed by atoms with Crippen LogP contribution in [0.5, 0.6) is 0 Å². The summed E-state index contributed by atoms with van der Waals surface area (Å²) in [6.07, 6.45) is 6.04. The number of nitrogens with zero attached hydrogens (tertiary/aromatic N) is 7. The van der Waals surface area contributed by atoms with Crippen LogP contribution < -0.4 is 5.32 Å². The molecule has 28 heavy (non-hydrogen) atoms. The quantitative estimate of drug-likeness (QED) is 0.621. The Morgan fingerprint density at radius 2 is 2.25 bits per heavy atom. The summed E-state index contributed by atoms with van der Waals surface area (Å²) < 4.78 is 10.0. The van der Waals surface area contributed by atoms with Crippen molar-refractivity contribution in [3.05, 3.63) is 29.6 Å². The maximum Gasteiger partial charge on any atom is 0.194 e. The second kappa shape index (κ2) is 8.30. The zero-order valence-corrected chi connectivity index (χ0v) is 17.0. The minimum atomic E-state index is 0.0308. The lowest BCUT2D eigenvalue weighted by Gasteiger charge is -2.35. The van der Waals surface area contributed by atoms with Crippen LogP contribution in [0, 0.1) is 12.8 Å². The van der Waals surface area contributed by atoms with Crippen LogP contribution in [0.15, 0.2) is 17.4 Å². The van der Waals surface area contributed by atoms with E-state index in [1.165, 1.54) is 0 Å². The van der Waals surface area contributed by atoms with Crippen molar-refractivity contribution >= 4 is 5.96 Å². The molecule has 1 N–H and O–H groups in total. The predicted octanol–water partition coefficient (Wildman–Crippen LogP) is 0.921. The summed E-state index contributed by atoms with van der Waals surface area (Å²) in [5, 5.41) is 16.2. The molecule has 9 heteroatoms. The highest BCUT2D eigenvalue weighted by molar-refractivity contribution is 5.80. The molecular weight excluding hydrogens is 356 g/mol. The van der Waals surface area contributed by atoms with E-state index >= 15 is 0 Å². The van der Waals surface area contributed by atoms with E-state index in [1.54, 1.807) is 0 Å². The molecular formula is C19H30N8O. The van der Waals surface area contributed by atoms with E-state index in [2.05, 4.69) is 37.0 Å². The van der Waals surface area contributed by atoms with Gasteiger partial charge in [0.15, 0.2) is 5.96 Å². The van der Waals surface area contributed by atoms with Gasteiger partial charge in [-0.25, -0.2) is 0 Å². The van der Waals surface area contributed by atoms with Crippen molar-refractivity contribution in [1.29, 1.82) is 0 Å². The van der Waals surface area contributed by atoms with Gasteiger partial charge in [-0.1, -0.05) is 0 Å². The molecule has 0 radical (unpaired) electrons. The molecule has 0 bridgehead atoms. The van der Waals surface area contributed by atoms with E-state index in [0.717, 1.165) is 68.7 Å². The number of aromatic nitrogens is 5. The predicted molar refractivity (Wildman–Crippen MR) is 106 cm³/mol. The molecule has 2 unspecified atom stereocenters. The average Bonchev–Trinajstić information content (AvgIpc) is 3.31. The third-order valence-electron chi connectivity index (χ3n) is 5.53. The van der Waals surface area contributed by atoms with E-state index in [4.69, 9.17) is 9.73 Å². The highest BCUT2D eigenvalue weighted by Gasteiger charge is 2.26. The monoisotopic (exact) mass is 386 g/mol. The zero-order valence-electron chi connectivity index (χ0n) is 17.0. The van der Waals surface area contributed by atoms with Gasteiger partial charge in [0, 0.05) is 51.4 Å². The van der Waals surface area contributed by atoms with Gasteiger partial charge < -0.3 is 19.5 Å². The summed E-state index contributed by atoms with van der Waals surface area (Å²) >= 11 is 0. The summed E-state index contributed by atoms with van der Waals surface area (Å²) in [5.41, 5.74) is 1.12. The molecule has 0 saturated carbocycles. The van der Waals surface area contributed by atoms with Gasteiger partial charge in [0.25, 0.3) is 0 Å². The van der Waals surface area contributed by atoms with Crippen molar-refractivity contribution in [1.82, 2.24) is 34.8 Å². The van der Waals surface area contributed by atoms with Crippen LogP contribution in [0.25, 0.3) is 0 Å². The second-order valence-corrected chi connectivity index (χ2v) is 7.63. The number of nitrogens with one attached hydrogen (secondary N) is 1. The smallest absolute Gasteiger partial charge is 0.194 e. The van der Waals surface area contributed by atoms with E-state index in [1.807, 2.05) is 31.0 Å². The Hall–Kier alpha value is -2.42. The highest BCUT2D eigenvalue weighted by atomic mass is 16.5. The molecule has 0 aromatic carbocycles. The van der Waals surface area contributed by atoms with Crippen LogP contribution in [0.1, 0.15) is 36.7 Å². The largest absolute Gasteiger partial charge is 0.370 e. The zero-order chi connectivity index (χ0) is 19.5. The van der Waals surface area contributed by atoms with Crippen LogP contribution in [-0.4, -0.2) is 68.2 Å². The van der Waals surface area contributed by atoms with E-state index in [-0.39, 0.29) is 6.10 Å². The summed E-state index contributed by atoms with van der Waals surface area (Å²) in [7, 11) is 1.93. The topological polar surface area (TPSA) is 85.4 Å². The molecule has 2 aromatic rings. The van der Waals surface area contributed by atoms with Crippen molar-refractivity contribution in [2.75, 3.05) is 32.8 Å². The molecule has 4 rings (SSSR count).